The standard InChI is InChI=1S/C9H13NO4/c10-6-1-2-9(8(13)3-6)14-5-7(12)4-11/h1-3,7,11-13H,4-5,10H2. The van der Waals surface area contributed by atoms with Crippen molar-refractivity contribution in [1.82, 2.24) is 0 Å². The molecule has 5 heteroatoms. The maximum Gasteiger partial charge on any atom is 0.161 e. The molecule has 0 fully saturated rings. The molecule has 0 radical (unpaired) electrons. The van der Waals surface area contributed by atoms with Crippen molar-refractivity contribution < 1.29 is 20.1 Å². The average molecular weight is 199 g/mol. The number of hydrogen-bond donors (Lipinski definition) is 4. The van der Waals surface area contributed by atoms with Crippen molar-refractivity contribution >= 4 is 5.69 Å². The predicted octanol–water partition coefficient (Wildman–Crippen LogP) is -0.294. The van der Waals surface area contributed by atoms with Crippen LogP contribution < -0.4 is 10.5 Å². The van der Waals surface area contributed by atoms with Crippen LogP contribution in [0.1, 0.15) is 0 Å². The Balaban J connectivity index is 2.59. The Morgan fingerprint density at radius 3 is 2.71 bits per heavy atom. The van der Waals surface area contributed by atoms with E-state index in [9.17, 15) is 5.11 Å². The Hall–Kier alpha value is -1.46. The topological polar surface area (TPSA) is 95.9 Å². The van der Waals surface area contributed by atoms with Crippen molar-refractivity contribution in [1.29, 1.82) is 0 Å². The highest BCUT2D eigenvalue weighted by molar-refractivity contribution is 5.51. The van der Waals surface area contributed by atoms with Gasteiger partial charge >= 0.3 is 0 Å². The first-order valence-corrected chi connectivity index (χ1v) is 4.13. The minimum absolute atomic E-state index is 0.0754. The Kier molecular flexibility index (Phi) is 3.55. The third-order valence-corrected chi connectivity index (χ3v) is 1.62. The van der Waals surface area contributed by atoms with Gasteiger partial charge in [0.2, 0.25) is 0 Å². The lowest BCUT2D eigenvalue weighted by atomic mass is 10.3. The van der Waals surface area contributed by atoms with Crippen LogP contribution in [-0.4, -0.2) is 34.6 Å². The molecule has 1 aromatic carbocycles. The predicted molar refractivity (Wildman–Crippen MR) is 51.1 cm³/mol. The van der Waals surface area contributed by atoms with Crippen LogP contribution in [0.25, 0.3) is 0 Å². The second-order valence-electron chi connectivity index (χ2n) is 2.87. The summed E-state index contributed by atoms with van der Waals surface area (Å²) in [6, 6.07) is 4.41. The highest BCUT2D eigenvalue weighted by Crippen LogP contribution is 2.27. The Labute approximate surface area is 81.4 Å². The zero-order chi connectivity index (χ0) is 10.6. The summed E-state index contributed by atoms with van der Waals surface area (Å²) in [6.07, 6.45) is -0.952. The van der Waals surface area contributed by atoms with Gasteiger partial charge < -0.3 is 25.8 Å². The molecule has 1 unspecified atom stereocenters. The minimum Gasteiger partial charge on any atom is -0.504 e. The summed E-state index contributed by atoms with van der Waals surface area (Å²) in [5.74, 6) is 0.141. The fourth-order valence-electron chi connectivity index (χ4n) is 0.895. The Morgan fingerprint density at radius 1 is 1.43 bits per heavy atom. The number of rotatable bonds is 4. The van der Waals surface area contributed by atoms with Gasteiger partial charge in [-0.25, -0.2) is 0 Å². The Morgan fingerprint density at radius 2 is 2.14 bits per heavy atom. The number of hydrogen-bond acceptors (Lipinski definition) is 5. The number of aliphatic hydroxyl groups is 2. The van der Waals surface area contributed by atoms with Crippen molar-refractivity contribution in [3.8, 4) is 11.5 Å². The van der Waals surface area contributed by atoms with Crippen LogP contribution in [0.4, 0.5) is 5.69 Å². The van der Waals surface area contributed by atoms with E-state index in [1.807, 2.05) is 0 Å². The molecule has 0 aliphatic heterocycles. The molecule has 0 heterocycles. The van der Waals surface area contributed by atoms with Gasteiger partial charge in [0.1, 0.15) is 12.7 Å². The number of phenols is 1. The summed E-state index contributed by atoms with van der Waals surface area (Å²) in [5.41, 5.74) is 5.83. The van der Waals surface area contributed by atoms with Gasteiger partial charge in [-0.1, -0.05) is 0 Å². The van der Waals surface area contributed by atoms with Gasteiger partial charge in [-0.15, -0.1) is 0 Å². The lowest BCUT2D eigenvalue weighted by molar-refractivity contribution is 0.0528. The second-order valence-corrected chi connectivity index (χ2v) is 2.87. The summed E-state index contributed by atoms with van der Waals surface area (Å²) >= 11 is 0. The van der Waals surface area contributed by atoms with Crippen molar-refractivity contribution in [3.63, 3.8) is 0 Å². The summed E-state index contributed by atoms with van der Waals surface area (Å²) < 4.78 is 5.03. The minimum atomic E-state index is -0.952. The number of aromatic hydroxyl groups is 1. The molecule has 1 aromatic rings. The first kappa shape index (κ1) is 10.6. The average Bonchev–Trinajstić information content (AvgIpc) is 2.16. The van der Waals surface area contributed by atoms with E-state index < -0.39 is 6.10 Å². The van der Waals surface area contributed by atoms with Crippen LogP contribution in [0.15, 0.2) is 18.2 Å². The lowest BCUT2D eigenvalue weighted by Gasteiger charge is -2.11. The SMILES string of the molecule is Nc1ccc(OCC(O)CO)c(O)c1. The van der Waals surface area contributed by atoms with Crippen molar-refractivity contribution in [2.24, 2.45) is 0 Å². The van der Waals surface area contributed by atoms with Crippen molar-refractivity contribution in [2.75, 3.05) is 18.9 Å². The van der Waals surface area contributed by atoms with Crippen LogP contribution in [0.2, 0.25) is 0 Å². The molecule has 0 aliphatic carbocycles. The molecular weight excluding hydrogens is 186 g/mol. The van der Waals surface area contributed by atoms with E-state index in [1.165, 1.54) is 12.1 Å². The van der Waals surface area contributed by atoms with E-state index in [0.29, 0.717) is 5.69 Å². The molecule has 0 amide bonds. The molecular formula is C9H13NO4. The van der Waals surface area contributed by atoms with E-state index in [-0.39, 0.29) is 24.7 Å². The molecule has 5 N–H and O–H groups in total. The molecule has 5 nitrogen and oxygen atoms in total. The monoisotopic (exact) mass is 199 g/mol. The van der Waals surface area contributed by atoms with Crippen LogP contribution in [0.3, 0.4) is 0 Å². The first-order valence-electron chi connectivity index (χ1n) is 4.13. The first-order chi connectivity index (χ1) is 6.63. The number of nitrogen functional groups attached to an aromatic ring is 1. The molecule has 0 aliphatic rings. The quantitative estimate of drug-likeness (QED) is 0.499. The van der Waals surface area contributed by atoms with E-state index >= 15 is 0 Å². The molecule has 78 valence electrons. The van der Waals surface area contributed by atoms with E-state index in [0.717, 1.165) is 0 Å². The van der Waals surface area contributed by atoms with Crippen molar-refractivity contribution in [3.05, 3.63) is 18.2 Å². The number of nitrogens with two attached hydrogens (primary N) is 1. The largest absolute Gasteiger partial charge is 0.504 e. The highest BCUT2D eigenvalue weighted by Gasteiger charge is 2.06. The van der Waals surface area contributed by atoms with Gasteiger partial charge in [0.25, 0.3) is 0 Å². The number of ether oxygens (including phenoxy) is 1. The Bertz CT molecular complexity index is 303. The smallest absolute Gasteiger partial charge is 0.161 e. The fourth-order valence-corrected chi connectivity index (χ4v) is 0.895. The summed E-state index contributed by atoms with van der Waals surface area (Å²) in [4.78, 5) is 0. The number of aliphatic hydroxyl groups excluding tert-OH is 2. The molecule has 0 saturated carbocycles. The molecule has 14 heavy (non-hydrogen) atoms. The molecule has 0 bridgehead atoms. The molecule has 0 spiro atoms. The van der Waals surface area contributed by atoms with Crippen molar-refractivity contribution in [2.45, 2.75) is 6.10 Å². The summed E-state index contributed by atoms with van der Waals surface area (Å²) in [7, 11) is 0. The van der Waals surface area contributed by atoms with E-state index in [4.69, 9.17) is 20.7 Å². The summed E-state index contributed by atoms with van der Waals surface area (Å²) in [6.45, 7) is -0.455. The fraction of sp³-hybridized carbons (Fsp3) is 0.333. The van der Waals surface area contributed by atoms with Crippen LogP contribution in [-0.2, 0) is 0 Å². The molecule has 0 saturated heterocycles. The van der Waals surface area contributed by atoms with Crippen LogP contribution in [0, 0.1) is 0 Å². The van der Waals surface area contributed by atoms with Crippen LogP contribution >= 0.6 is 0 Å². The summed E-state index contributed by atoms with van der Waals surface area (Å²) in [5, 5.41) is 26.8. The lowest BCUT2D eigenvalue weighted by Crippen LogP contribution is -2.21. The second kappa shape index (κ2) is 4.69. The maximum atomic E-state index is 9.33. The van der Waals surface area contributed by atoms with Gasteiger partial charge in [0.05, 0.1) is 6.61 Å². The van der Waals surface area contributed by atoms with Gasteiger partial charge in [-0.2, -0.15) is 0 Å². The molecule has 0 aromatic heterocycles. The molecule has 1 rings (SSSR count). The van der Waals surface area contributed by atoms with E-state index in [2.05, 4.69) is 0 Å². The number of benzene rings is 1. The number of anilines is 1. The zero-order valence-corrected chi connectivity index (χ0v) is 7.55. The normalized spacial score (nSPS) is 12.4. The number of phenolic OH excluding ortho intramolecular Hbond substituents is 1. The molecule has 1 atom stereocenters. The van der Waals surface area contributed by atoms with Gasteiger partial charge in [0.15, 0.2) is 11.5 Å². The van der Waals surface area contributed by atoms with Gasteiger partial charge in [-0.05, 0) is 12.1 Å². The third kappa shape index (κ3) is 2.79. The maximum absolute atomic E-state index is 9.33. The van der Waals surface area contributed by atoms with Crippen LogP contribution in [0.5, 0.6) is 11.5 Å². The van der Waals surface area contributed by atoms with Gasteiger partial charge in [0, 0.05) is 11.8 Å². The van der Waals surface area contributed by atoms with Gasteiger partial charge in [-0.3, -0.25) is 0 Å². The highest BCUT2D eigenvalue weighted by atomic mass is 16.5. The van der Waals surface area contributed by atoms with E-state index in [1.54, 1.807) is 6.07 Å². The zero-order valence-electron chi connectivity index (χ0n) is 7.55. The third-order valence-electron chi connectivity index (χ3n) is 1.62.